The molecule has 1 aliphatic rings. The maximum absolute atomic E-state index is 13.7. The predicted molar refractivity (Wildman–Crippen MR) is 112 cm³/mol. The molecule has 1 saturated heterocycles. The minimum Gasteiger partial charge on any atom is -0.357 e. The van der Waals surface area contributed by atoms with Crippen molar-refractivity contribution in [3.05, 3.63) is 35.1 Å². The molecule has 0 saturated carbocycles. The van der Waals surface area contributed by atoms with Crippen molar-refractivity contribution in [2.75, 3.05) is 53.1 Å². The molecule has 28 heavy (non-hydrogen) atoms. The SMILES string of the molecule is CCNC(=NCc1cc(F)ccc1CS(C)(=O)=O)NCC1CN(C)CCN1C. The molecular formula is C19H32FN5O2S. The smallest absolute Gasteiger partial charge is 0.191 e. The van der Waals surface area contributed by atoms with E-state index in [4.69, 9.17) is 0 Å². The van der Waals surface area contributed by atoms with Gasteiger partial charge in [0.05, 0.1) is 12.3 Å². The summed E-state index contributed by atoms with van der Waals surface area (Å²) in [4.78, 5) is 9.18. The number of benzene rings is 1. The lowest BCUT2D eigenvalue weighted by atomic mass is 10.1. The molecule has 0 bridgehead atoms. The Morgan fingerprint density at radius 2 is 2.00 bits per heavy atom. The summed E-state index contributed by atoms with van der Waals surface area (Å²) in [6, 6.07) is 4.54. The number of hydrogen-bond donors (Lipinski definition) is 2. The molecule has 1 aromatic carbocycles. The van der Waals surface area contributed by atoms with Crippen molar-refractivity contribution in [2.45, 2.75) is 25.3 Å². The highest BCUT2D eigenvalue weighted by molar-refractivity contribution is 7.89. The molecule has 158 valence electrons. The van der Waals surface area contributed by atoms with E-state index in [1.165, 1.54) is 24.5 Å². The average Bonchev–Trinajstić information content (AvgIpc) is 2.61. The molecule has 1 unspecified atom stereocenters. The van der Waals surface area contributed by atoms with Crippen LogP contribution in [0.3, 0.4) is 0 Å². The lowest BCUT2D eigenvalue weighted by Gasteiger charge is -2.37. The van der Waals surface area contributed by atoms with Gasteiger partial charge >= 0.3 is 0 Å². The minimum absolute atomic E-state index is 0.124. The van der Waals surface area contributed by atoms with E-state index in [1.807, 2.05) is 6.92 Å². The highest BCUT2D eigenvalue weighted by Gasteiger charge is 2.22. The number of rotatable bonds is 7. The maximum Gasteiger partial charge on any atom is 0.191 e. The van der Waals surface area contributed by atoms with Crippen molar-refractivity contribution in [3.8, 4) is 0 Å². The summed E-state index contributed by atoms with van der Waals surface area (Å²) in [6.07, 6.45) is 1.17. The zero-order valence-electron chi connectivity index (χ0n) is 17.2. The van der Waals surface area contributed by atoms with Gasteiger partial charge in [-0.15, -0.1) is 0 Å². The fraction of sp³-hybridized carbons (Fsp3) is 0.632. The van der Waals surface area contributed by atoms with Gasteiger partial charge in [0.15, 0.2) is 15.8 Å². The first-order chi connectivity index (χ1) is 13.2. The third kappa shape index (κ3) is 7.37. The lowest BCUT2D eigenvalue weighted by Crippen LogP contribution is -2.55. The van der Waals surface area contributed by atoms with E-state index >= 15 is 0 Å². The second-order valence-electron chi connectivity index (χ2n) is 7.46. The number of sulfone groups is 1. The van der Waals surface area contributed by atoms with Crippen LogP contribution >= 0.6 is 0 Å². The Balaban J connectivity index is 2.08. The van der Waals surface area contributed by atoms with Gasteiger partial charge in [-0.3, -0.25) is 4.90 Å². The summed E-state index contributed by atoms with van der Waals surface area (Å²) in [5, 5.41) is 6.55. The number of halogens is 1. The summed E-state index contributed by atoms with van der Waals surface area (Å²) in [6.45, 7) is 6.69. The van der Waals surface area contributed by atoms with Gasteiger partial charge < -0.3 is 15.5 Å². The van der Waals surface area contributed by atoms with Gasteiger partial charge in [0, 0.05) is 45.0 Å². The number of nitrogens with one attached hydrogen (secondary N) is 2. The largest absolute Gasteiger partial charge is 0.357 e. The second-order valence-corrected chi connectivity index (χ2v) is 9.60. The number of piperazine rings is 1. The van der Waals surface area contributed by atoms with Gasteiger partial charge in [0.2, 0.25) is 0 Å². The summed E-state index contributed by atoms with van der Waals surface area (Å²) in [5.41, 5.74) is 1.16. The van der Waals surface area contributed by atoms with E-state index in [2.05, 4.69) is 39.5 Å². The van der Waals surface area contributed by atoms with Crippen LogP contribution in [0.2, 0.25) is 0 Å². The van der Waals surface area contributed by atoms with Crippen LogP contribution in [0.1, 0.15) is 18.1 Å². The average molecular weight is 414 g/mol. The Kier molecular flexibility index (Phi) is 8.21. The molecule has 0 aliphatic carbocycles. The van der Waals surface area contributed by atoms with Crippen molar-refractivity contribution < 1.29 is 12.8 Å². The molecular weight excluding hydrogens is 381 g/mol. The Morgan fingerprint density at radius 1 is 1.25 bits per heavy atom. The van der Waals surface area contributed by atoms with Crippen LogP contribution < -0.4 is 10.6 Å². The molecule has 1 aliphatic heterocycles. The fourth-order valence-corrected chi connectivity index (χ4v) is 4.05. The third-order valence-electron chi connectivity index (χ3n) is 4.82. The van der Waals surface area contributed by atoms with E-state index in [0.717, 1.165) is 26.2 Å². The van der Waals surface area contributed by atoms with E-state index in [0.29, 0.717) is 29.7 Å². The standard InChI is InChI=1S/C19H32FN5O2S/c1-5-21-19(23-12-18-13-24(2)8-9-25(18)3)22-11-16-10-17(20)7-6-15(16)14-28(4,26)27/h6-7,10,18H,5,8-9,11-14H2,1-4H3,(H2,21,22,23). The fourth-order valence-electron chi connectivity index (χ4n) is 3.21. The molecule has 7 nitrogen and oxygen atoms in total. The summed E-state index contributed by atoms with van der Waals surface area (Å²) >= 11 is 0. The normalized spacial score (nSPS) is 19.6. The molecule has 9 heteroatoms. The topological polar surface area (TPSA) is 77.0 Å². The van der Waals surface area contributed by atoms with Crippen LogP contribution in [-0.4, -0.2) is 83.3 Å². The number of hydrogen-bond acceptors (Lipinski definition) is 5. The van der Waals surface area contributed by atoms with Crippen LogP contribution in [0.15, 0.2) is 23.2 Å². The van der Waals surface area contributed by atoms with Crippen LogP contribution in [-0.2, 0) is 22.1 Å². The van der Waals surface area contributed by atoms with E-state index in [9.17, 15) is 12.8 Å². The Hall–Kier alpha value is -1.71. The highest BCUT2D eigenvalue weighted by atomic mass is 32.2. The number of likely N-dealkylation sites (N-methyl/N-ethyl adjacent to an activating group) is 2. The van der Waals surface area contributed by atoms with Crippen molar-refractivity contribution in [1.29, 1.82) is 0 Å². The zero-order valence-corrected chi connectivity index (χ0v) is 18.0. The molecule has 0 amide bonds. The number of guanidine groups is 1. The van der Waals surface area contributed by atoms with Crippen LogP contribution in [0.25, 0.3) is 0 Å². The highest BCUT2D eigenvalue weighted by Crippen LogP contribution is 2.15. The number of nitrogens with zero attached hydrogens (tertiary/aromatic N) is 3. The quantitative estimate of drug-likeness (QED) is 0.506. The Bertz CT molecular complexity index is 785. The van der Waals surface area contributed by atoms with Gasteiger partial charge in [-0.25, -0.2) is 17.8 Å². The number of aliphatic imine (C=N–C) groups is 1. The molecule has 1 atom stereocenters. The maximum atomic E-state index is 13.7. The van der Waals surface area contributed by atoms with Crippen molar-refractivity contribution in [2.24, 2.45) is 4.99 Å². The lowest BCUT2D eigenvalue weighted by molar-refractivity contribution is 0.116. The van der Waals surface area contributed by atoms with Gasteiger partial charge in [-0.2, -0.15) is 0 Å². The molecule has 0 radical (unpaired) electrons. The molecule has 1 fully saturated rings. The monoisotopic (exact) mass is 413 g/mol. The van der Waals surface area contributed by atoms with Gasteiger partial charge in [-0.05, 0) is 44.3 Å². The van der Waals surface area contributed by atoms with E-state index in [-0.39, 0.29) is 12.3 Å². The van der Waals surface area contributed by atoms with Crippen LogP contribution in [0, 0.1) is 5.82 Å². The van der Waals surface area contributed by atoms with Crippen LogP contribution in [0.4, 0.5) is 4.39 Å². The zero-order chi connectivity index (χ0) is 20.7. The van der Waals surface area contributed by atoms with Gasteiger partial charge in [-0.1, -0.05) is 6.07 Å². The van der Waals surface area contributed by atoms with Gasteiger partial charge in [0.1, 0.15) is 5.82 Å². The second kappa shape index (κ2) is 10.2. The molecule has 0 spiro atoms. The molecule has 2 N–H and O–H groups in total. The molecule has 0 aromatic heterocycles. The molecule has 1 aromatic rings. The van der Waals surface area contributed by atoms with Crippen molar-refractivity contribution in [3.63, 3.8) is 0 Å². The summed E-state index contributed by atoms with van der Waals surface area (Å²) in [5.74, 6) is 0.118. The van der Waals surface area contributed by atoms with Crippen molar-refractivity contribution >= 4 is 15.8 Å². The van der Waals surface area contributed by atoms with Gasteiger partial charge in [0.25, 0.3) is 0 Å². The first-order valence-electron chi connectivity index (χ1n) is 9.54. The molecule has 2 rings (SSSR count). The molecule has 1 heterocycles. The minimum atomic E-state index is -3.21. The predicted octanol–water partition coefficient (Wildman–Crippen LogP) is 0.671. The third-order valence-corrected chi connectivity index (χ3v) is 5.66. The van der Waals surface area contributed by atoms with Crippen LogP contribution in [0.5, 0.6) is 0 Å². The van der Waals surface area contributed by atoms with E-state index < -0.39 is 15.7 Å². The van der Waals surface area contributed by atoms with Crippen molar-refractivity contribution in [1.82, 2.24) is 20.4 Å². The van der Waals surface area contributed by atoms with E-state index in [1.54, 1.807) is 0 Å². The Morgan fingerprint density at radius 3 is 2.68 bits per heavy atom. The Labute approximate surface area is 167 Å². The summed E-state index contributed by atoms with van der Waals surface area (Å²) in [7, 11) is 1.03. The summed E-state index contributed by atoms with van der Waals surface area (Å²) < 4.78 is 37.0. The first kappa shape index (κ1) is 22.6. The first-order valence-corrected chi connectivity index (χ1v) is 11.6.